The summed E-state index contributed by atoms with van der Waals surface area (Å²) in [6.07, 6.45) is -1.74. The van der Waals surface area contributed by atoms with E-state index in [0.29, 0.717) is 24.6 Å². The molecule has 2 heterocycles. The highest BCUT2D eigenvalue weighted by Crippen LogP contribution is 2.40. The second kappa shape index (κ2) is 8.21. The van der Waals surface area contributed by atoms with Crippen LogP contribution in [0.25, 0.3) is 11.3 Å². The molecule has 1 fully saturated rings. The lowest BCUT2D eigenvalue weighted by Crippen LogP contribution is -2.45. The van der Waals surface area contributed by atoms with E-state index < -0.39 is 11.9 Å². The van der Waals surface area contributed by atoms with Crippen LogP contribution < -0.4 is 0 Å². The Balaban J connectivity index is 1.62. The summed E-state index contributed by atoms with van der Waals surface area (Å²) in [5.41, 5.74) is 1.32. The van der Waals surface area contributed by atoms with Crippen molar-refractivity contribution in [2.75, 3.05) is 12.3 Å². The fourth-order valence-electron chi connectivity index (χ4n) is 4.30. The number of carbonyl (C=O) groups excluding carboxylic acids is 1. The summed E-state index contributed by atoms with van der Waals surface area (Å²) in [7, 11) is 0. The molecule has 8 heteroatoms. The molecule has 0 spiro atoms. The van der Waals surface area contributed by atoms with Crippen molar-refractivity contribution in [2.45, 2.75) is 56.9 Å². The summed E-state index contributed by atoms with van der Waals surface area (Å²) >= 11 is 0.990. The molecule has 1 amide bonds. The van der Waals surface area contributed by atoms with Crippen molar-refractivity contribution in [2.24, 2.45) is 5.92 Å². The number of aryl methyl sites for hydroxylation is 1. The topological polar surface area (TPSA) is 46.1 Å². The third-order valence-corrected chi connectivity index (χ3v) is 6.77. The van der Waals surface area contributed by atoms with Crippen LogP contribution in [-0.4, -0.2) is 39.1 Å². The Labute approximate surface area is 178 Å². The third-order valence-electron chi connectivity index (χ3n) is 5.93. The normalized spacial score (nSPS) is 21.2. The van der Waals surface area contributed by atoms with Gasteiger partial charge in [0.15, 0.2) is 10.9 Å². The molecule has 1 aromatic heterocycles. The average molecular weight is 436 g/mol. The van der Waals surface area contributed by atoms with Crippen LogP contribution in [0.2, 0.25) is 0 Å². The number of likely N-dealkylation sites (tertiary alicyclic amines) is 1. The maximum absolute atomic E-state index is 13.7. The zero-order valence-electron chi connectivity index (χ0n) is 17.0. The van der Waals surface area contributed by atoms with Gasteiger partial charge in [0.1, 0.15) is 0 Å². The van der Waals surface area contributed by atoms with Crippen molar-refractivity contribution in [1.29, 1.82) is 0 Å². The number of carbonyl (C=O) groups is 1. The SMILES string of the molecule is CC1CCC(C)N(C(=O)CSc2nc3c(c(C(F)(F)F)n2)CCc2ccccc2-3)C1. The van der Waals surface area contributed by atoms with E-state index in [1.807, 2.05) is 24.0 Å². The largest absolute Gasteiger partial charge is 0.433 e. The number of benzene rings is 1. The fourth-order valence-corrected chi connectivity index (χ4v) is 5.03. The zero-order valence-corrected chi connectivity index (χ0v) is 17.8. The van der Waals surface area contributed by atoms with Crippen molar-refractivity contribution in [1.82, 2.24) is 14.9 Å². The van der Waals surface area contributed by atoms with Crippen molar-refractivity contribution in [3.05, 3.63) is 41.1 Å². The number of nitrogens with zero attached hydrogens (tertiary/aromatic N) is 3. The Bertz CT molecular complexity index is 963. The zero-order chi connectivity index (χ0) is 21.5. The van der Waals surface area contributed by atoms with E-state index in [2.05, 4.69) is 16.9 Å². The number of halogens is 3. The summed E-state index contributed by atoms with van der Waals surface area (Å²) in [6, 6.07) is 7.56. The number of aromatic nitrogens is 2. The molecule has 1 aliphatic heterocycles. The number of amides is 1. The van der Waals surface area contributed by atoms with E-state index in [4.69, 9.17) is 0 Å². The minimum absolute atomic E-state index is 0.00355. The summed E-state index contributed by atoms with van der Waals surface area (Å²) in [6.45, 7) is 4.81. The lowest BCUT2D eigenvalue weighted by atomic mass is 9.88. The number of piperidine rings is 1. The molecule has 0 N–H and O–H groups in total. The second-order valence-electron chi connectivity index (χ2n) is 8.20. The lowest BCUT2D eigenvalue weighted by molar-refractivity contribution is -0.142. The number of fused-ring (bicyclic) bond motifs is 3. The molecule has 160 valence electrons. The molecule has 1 aliphatic carbocycles. The number of alkyl halides is 3. The summed E-state index contributed by atoms with van der Waals surface area (Å²) in [5, 5.41) is 0.00355. The highest BCUT2D eigenvalue weighted by atomic mass is 32.2. The molecule has 30 heavy (non-hydrogen) atoms. The van der Waals surface area contributed by atoms with E-state index in [0.717, 1.165) is 35.7 Å². The highest BCUT2D eigenvalue weighted by Gasteiger charge is 2.39. The van der Waals surface area contributed by atoms with Crippen molar-refractivity contribution in [3.8, 4) is 11.3 Å². The molecule has 2 aliphatic rings. The van der Waals surface area contributed by atoms with Crippen molar-refractivity contribution < 1.29 is 18.0 Å². The quantitative estimate of drug-likeness (QED) is 0.503. The van der Waals surface area contributed by atoms with Crippen LogP contribution in [-0.2, 0) is 23.8 Å². The van der Waals surface area contributed by atoms with Crippen LogP contribution >= 0.6 is 11.8 Å². The first-order valence-electron chi connectivity index (χ1n) is 10.2. The van der Waals surface area contributed by atoms with Gasteiger partial charge in [-0.05, 0) is 44.1 Å². The van der Waals surface area contributed by atoms with Crippen molar-refractivity contribution >= 4 is 17.7 Å². The van der Waals surface area contributed by atoms with Gasteiger partial charge in [0, 0.05) is 23.7 Å². The van der Waals surface area contributed by atoms with E-state index in [1.54, 1.807) is 12.1 Å². The summed E-state index contributed by atoms with van der Waals surface area (Å²) < 4.78 is 41.2. The number of thioether (sulfide) groups is 1. The monoisotopic (exact) mass is 435 g/mol. The first-order valence-corrected chi connectivity index (χ1v) is 11.2. The minimum atomic E-state index is -4.56. The smallest absolute Gasteiger partial charge is 0.339 e. The predicted octanol–water partition coefficient (Wildman–Crippen LogP) is 5.00. The van der Waals surface area contributed by atoms with Gasteiger partial charge >= 0.3 is 6.18 Å². The molecule has 0 radical (unpaired) electrons. The summed E-state index contributed by atoms with van der Waals surface area (Å²) in [4.78, 5) is 22.9. The van der Waals surface area contributed by atoms with Gasteiger partial charge in [-0.25, -0.2) is 9.97 Å². The third kappa shape index (κ3) is 4.19. The Kier molecular flexibility index (Phi) is 5.79. The van der Waals surface area contributed by atoms with Gasteiger partial charge in [-0.1, -0.05) is 43.0 Å². The van der Waals surface area contributed by atoms with Crippen LogP contribution in [0.15, 0.2) is 29.4 Å². The van der Waals surface area contributed by atoms with E-state index >= 15 is 0 Å². The molecule has 2 aromatic rings. The Morgan fingerprint density at radius 2 is 1.93 bits per heavy atom. The first kappa shape index (κ1) is 21.2. The first-order chi connectivity index (χ1) is 14.2. The molecule has 4 nitrogen and oxygen atoms in total. The number of rotatable bonds is 3. The van der Waals surface area contributed by atoms with E-state index in [-0.39, 0.29) is 34.8 Å². The van der Waals surface area contributed by atoms with Crippen LogP contribution in [0.4, 0.5) is 13.2 Å². The van der Waals surface area contributed by atoms with Gasteiger partial charge in [0.2, 0.25) is 5.91 Å². The molecule has 0 bridgehead atoms. The standard InChI is InChI=1S/C22H24F3N3OS/c1-13-7-8-14(2)28(11-13)18(29)12-30-21-26-19-16-6-4-3-5-15(16)9-10-17(19)20(27-21)22(23,24)25/h3-6,13-14H,7-12H2,1-2H3. The average Bonchev–Trinajstić information content (AvgIpc) is 2.72. The maximum Gasteiger partial charge on any atom is 0.433 e. The Morgan fingerprint density at radius 3 is 2.70 bits per heavy atom. The molecule has 2 unspecified atom stereocenters. The predicted molar refractivity (Wildman–Crippen MR) is 110 cm³/mol. The van der Waals surface area contributed by atoms with Crippen LogP contribution in [0.5, 0.6) is 0 Å². The molecule has 1 aromatic carbocycles. The van der Waals surface area contributed by atoms with Gasteiger partial charge in [0.25, 0.3) is 0 Å². The fraction of sp³-hybridized carbons (Fsp3) is 0.500. The lowest BCUT2D eigenvalue weighted by Gasteiger charge is -2.36. The van der Waals surface area contributed by atoms with E-state index in [1.165, 1.54) is 0 Å². The van der Waals surface area contributed by atoms with Crippen LogP contribution in [0.3, 0.4) is 0 Å². The molecule has 0 saturated carbocycles. The molecule has 2 atom stereocenters. The summed E-state index contributed by atoms with van der Waals surface area (Å²) in [5.74, 6) is 0.396. The van der Waals surface area contributed by atoms with Gasteiger partial charge in [-0.2, -0.15) is 13.2 Å². The molecule has 1 saturated heterocycles. The van der Waals surface area contributed by atoms with Gasteiger partial charge < -0.3 is 4.90 Å². The van der Waals surface area contributed by atoms with Crippen LogP contribution in [0.1, 0.15) is 43.5 Å². The molecular formula is C22H24F3N3OS. The number of hydrogen-bond acceptors (Lipinski definition) is 4. The van der Waals surface area contributed by atoms with Gasteiger partial charge in [0.05, 0.1) is 11.4 Å². The maximum atomic E-state index is 13.7. The molecular weight excluding hydrogens is 411 g/mol. The van der Waals surface area contributed by atoms with Crippen LogP contribution in [0, 0.1) is 5.92 Å². The van der Waals surface area contributed by atoms with E-state index in [9.17, 15) is 18.0 Å². The number of hydrogen-bond donors (Lipinski definition) is 0. The Hall–Kier alpha value is -2.09. The highest BCUT2D eigenvalue weighted by molar-refractivity contribution is 7.99. The minimum Gasteiger partial charge on any atom is -0.339 e. The van der Waals surface area contributed by atoms with Crippen molar-refractivity contribution in [3.63, 3.8) is 0 Å². The second-order valence-corrected chi connectivity index (χ2v) is 9.15. The van der Waals surface area contributed by atoms with Gasteiger partial charge in [-0.15, -0.1) is 0 Å². The Morgan fingerprint density at radius 1 is 1.17 bits per heavy atom. The van der Waals surface area contributed by atoms with Gasteiger partial charge in [-0.3, -0.25) is 4.79 Å². The molecule has 4 rings (SSSR count).